The second kappa shape index (κ2) is 8.57. The van der Waals surface area contributed by atoms with Gasteiger partial charge in [-0.05, 0) is 18.2 Å². The summed E-state index contributed by atoms with van der Waals surface area (Å²) in [4.78, 5) is -0.0896. The van der Waals surface area contributed by atoms with E-state index in [-0.39, 0.29) is 28.1 Å². The molecule has 0 aliphatic heterocycles. The average Bonchev–Trinajstić information content (AvgIpc) is 3.17. The summed E-state index contributed by atoms with van der Waals surface area (Å²) in [6.07, 6.45) is 0. The molecule has 4 aromatic rings. The van der Waals surface area contributed by atoms with Crippen LogP contribution < -0.4 is 9.46 Å². The van der Waals surface area contributed by atoms with E-state index in [9.17, 15) is 8.42 Å². The van der Waals surface area contributed by atoms with Crippen LogP contribution in [0.25, 0.3) is 17.0 Å². The van der Waals surface area contributed by atoms with E-state index in [2.05, 4.69) is 20.0 Å². The van der Waals surface area contributed by atoms with Gasteiger partial charge >= 0.3 is 0 Å². The van der Waals surface area contributed by atoms with Crippen molar-refractivity contribution in [2.24, 2.45) is 0 Å². The summed E-state index contributed by atoms with van der Waals surface area (Å²) in [5.74, 6) is 0.881. The Hall–Kier alpha value is -2.72. The molecule has 0 aliphatic rings. The molecule has 4 rings (SSSR count). The van der Waals surface area contributed by atoms with Crippen LogP contribution in [0.15, 0.2) is 65.6 Å². The highest BCUT2D eigenvalue weighted by Gasteiger charge is 2.19. The van der Waals surface area contributed by atoms with Gasteiger partial charge in [0.05, 0.1) is 10.0 Å². The first-order chi connectivity index (χ1) is 14.5. The molecule has 30 heavy (non-hydrogen) atoms. The van der Waals surface area contributed by atoms with Crippen molar-refractivity contribution in [2.45, 2.75) is 4.90 Å². The van der Waals surface area contributed by atoms with E-state index in [1.807, 2.05) is 30.3 Å². The molecule has 2 heterocycles. The molecule has 0 fully saturated rings. The molecule has 0 saturated heterocycles. The molecule has 0 unspecified atom stereocenters. The Morgan fingerprint density at radius 3 is 2.57 bits per heavy atom. The first-order valence-corrected chi connectivity index (χ1v) is 11.0. The Balaban J connectivity index is 1.44. The lowest BCUT2D eigenvalue weighted by Crippen LogP contribution is -2.28. The zero-order valence-corrected chi connectivity index (χ0v) is 17.7. The fourth-order valence-corrected chi connectivity index (χ4v) is 4.49. The van der Waals surface area contributed by atoms with Gasteiger partial charge in [-0.1, -0.05) is 59.6 Å². The van der Waals surface area contributed by atoms with E-state index in [1.165, 1.54) is 18.2 Å². The molecule has 0 saturated carbocycles. The predicted octanol–water partition coefficient (Wildman–Crippen LogP) is 3.46. The molecule has 0 atom stereocenters. The smallest absolute Gasteiger partial charge is 0.242 e. The molecule has 0 aliphatic carbocycles. The highest BCUT2D eigenvalue weighted by molar-refractivity contribution is 7.89. The van der Waals surface area contributed by atoms with E-state index >= 15 is 0 Å². The zero-order valence-electron chi connectivity index (χ0n) is 15.4. The number of nitrogens with one attached hydrogen (secondary N) is 1. The number of hydrogen-bond donors (Lipinski definition) is 1. The molecule has 2 aromatic heterocycles. The monoisotopic (exact) mass is 463 g/mol. The third-order valence-corrected chi connectivity index (χ3v) is 6.55. The second-order valence-electron chi connectivity index (χ2n) is 6.13. The third kappa shape index (κ3) is 4.24. The van der Waals surface area contributed by atoms with E-state index in [1.54, 1.807) is 16.6 Å². The first kappa shape index (κ1) is 20.5. The Bertz CT molecular complexity index is 1300. The normalized spacial score (nSPS) is 11.7. The molecule has 8 nitrogen and oxygen atoms in total. The van der Waals surface area contributed by atoms with Gasteiger partial charge in [0, 0.05) is 18.2 Å². The van der Waals surface area contributed by atoms with Crippen LogP contribution in [0, 0.1) is 0 Å². The minimum Gasteiger partial charge on any atom is -0.475 e. The summed E-state index contributed by atoms with van der Waals surface area (Å²) >= 11 is 11.9. The van der Waals surface area contributed by atoms with Crippen LogP contribution in [0.1, 0.15) is 0 Å². The fraction of sp³-hybridized carbons (Fsp3) is 0.105. The summed E-state index contributed by atoms with van der Waals surface area (Å²) in [5, 5.41) is 12.8. The number of sulfonamides is 1. The molecule has 1 N–H and O–H groups in total. The van der Waals surface area contributed by atoms with E-state index in [0.29, 0.717) is 17.4 Å². The van der Waals surface area contributed by atoms with Crippen LogP contribution in [-0.4, -0.2) is 41.4 Å². The number of rotatable bonds is 7. The van der Waals surface area contributed by atoms with Crippen LogP contribution in [-0.2, 0) is 10.0 Å². The lowest BCUT2D eigenvalue weighted by Gasteiger charge is -2.10. The maximum Gasteiger partial charge on any atom is 0.242 e. The summed E-state index contributed by atoms with van der Waals surface area (Å²) in [5.41, 5.74) is 1.43. The van der Waals surface area contributed by atoms with Crippen molar-refractivity contribution in [2.75, 3.05) is 13.2 Å². The van der Waals surface area contributed by atoms with Crippen LogP contribution in [0.2, 0.25) is 10.0 Å². The van der Waals surface area contributed by atoms with Crippen LogP contribution >= 0.6 is 23.2 Å². The number of nitrogens with zero attached hydrogens (tertiary/aromatic N) is 4. The third-order valence-electron chi connectivity index (χ3n) is 4.12. The van der Waals surface area contributed by atoms with Gasteiger partial charge in [-0.25, -0.2) is 13.1 Å². The molecule has 0 spiro atoms. The zero-order chi connectivity index (χ0) is 21.1. The van der Waals surface area contributed by atoms with Crippen LogP contribution in [0.5, 0.6) is 5.88 Å². The molecular weight excluding hydrogens is 449 g/mol. The SMILES string of the molecule is O=S(=O)(NCCOc1ccc2nnc(-c3ccccc3)n2n1)c1cccc(Cl)c1Cl. The van der Waals surface area contributed by atoms with Gasteiger partial charge in [0.15, 0.2) is 11.5 Å². The lowest BCUT2D eigenvalue weighted by molar-refractivity contribution is 0.306. The topological polar surface area (TPSA) is 98.5 Å². The van der Waals surface area contributed by atoms with Crippen molar-refractivity contribution in [3.8, 4) is 17.3 Å². The van der Waals surface area contributed by atoms with Crippen molar-refractivity contribution < 1.29 is 13.2 Å². The summed E-state index contributed by atoms with van der Waals surface area (Å²) in [6.45, 7) is 0.0668. The van der Waals surface area contributed by atoms with E-state index in [0.717, 1.165) is 5.56 Å². The molecule has 11 heteroatoms. The minimum atomic E-state index is -3.83. The van der Waals surface area contributed by atoms with Gasteiger partial charge < -0.3 is 4.74 Å². The van der Waals surface area contributed by atoms with Crippen molar-refractivity contribution in [1.29, 1.82) is 0 Å². The number of ether oxygens (including phenoxy) is 1. The van der Waals surface area contributed by atoms with Gasteiger partial charge in [-0.15, -0.1) is 15.3 Å². The Kier molecular flexibility index (Phi) is 5.87. The summed E-state index contributed by atoms with van der Waals surface area (Å²) < 4.78 is 34.4. The highest BCUT2D eigenvalue weighted by Crippen LogP contribution is 2.28. The Labute approximate surface area is 182 Å². The summed E-state index contributed by atoms with van der Waals surface area (Å²) in [7, 11) is -3.83. The van der Waals surface area contributed by atoms with E-state index < -0.39 is 10.0 Å². The molecule has 0 bridgehead atoms. The highest BCUT2D eigenvalue weighted by atomic mass is 35.5. The average molecular weight is 464 g/mol. The molecular formula is C19H15Cl2N5O3S. The second-order valence-corrected chi connectivity index (χ2v) is 8.65. The predicted molar refractivity (Wildman–Crippen MR) is 113 cm³/mol. The van der Waals surface area contributed by atoms with Gasteiger partial charge in [-0.2, -0.15) is 4.52 Å². The molecule has 0 radical (unpaired) electrons. The first-order valence-electron chi connectivity index (χ1n) is 8.80. The Morgan fingerprint density at radius 1 is 0.967 bits per heavy atom. The van der Waals surface area contributed by atoms with E-state index in [4.69, 9.17) is 27.9 Å². The number of hydrogen-bond acceptors (Lipinski definition) is 6. The minimum absolute atomic E-state index is 0.0125. The lowest BCUT2D eigenvalue weighted by atomic mass is 10.2. The van der Waals surface area contributed by atoms with Crippen molar-refractivity contribution >= 4 is 38.9 Å². The maximum atomic E-state index is 12.4. The maximum absolute atomic E-state index is 12.4. The van der Waals surface area contributed by atoms with Gasteiger partial charge in [0.25, 0.3) is 0 Å². The summed E-state index contributed by atoms with van der Waals surface area (Å²) in [6, 6.07) is 17.3. The van der Waals surface area contributed by atoms with Gasteiger partial charge in [0.1, 0.15) is 11.5 Å². The number of fused-ring (bicyclic) bond motifs is 1. The number of halogens is 2. The quantitative estimate of drug-likeness (QED) is 0.421. The van der Waals surface area contributed by atoms with Crippen molar-refractivity contribution in [1.82, 2.24) is 24.5 Å². The van der Waals surface area contributed by atoms with Crippen molar-refractivity contribution in [3.63, 3.8) is 0 Å². The molecule has 2 aromatic carbocycles. The molecule has 0 amide bonds. The largest absolute Gasteiger partial charge is 0.475 e. The van der Waals surface area contributed by atoms with Gasteiger partial charge in [0.2, 0.25) is 15.9 Å². The van der Waals surface area contributed by atoms with Gasteiger partial charge in [-0.3, -0.25) is 0 Å². The van der Waals surface area contributed by atoms with Crippen LogP contribution in [0.3, 0.4) is 0 Å². The Morgan fingerprint density at radius 2 is 1.77 bits per heavy atom. The van der Waals surface area contributed by atoms with Crippen molar-refractivity contribution in [3.05, 3.63) is 70.7 Å². The standard InChI is InChI=1S/C19H15Cl2N5O3S/c20-14-7-4-8-15(18(14)21)30(27,28)22-11-12-29-17-10-9-16-23-24-19(26(16)25-17)13-5-2-1-3-6-13/h1-10,22H,11-12H2. The van der Waals surface area contributed by atoms with Crippen LogP contribution in [0.4, 0.5) is 0 Å². The molecule has 154 valence electrons. The fourth-order valence-electron chi connectivity index (χ4n) is 2.72. The number of aromatic nitrogens is 4. The number of benzene rings is 2.